The molecule has 1 rings (SSSR count). The van der Waals surface area contributed by atoms with Gasteiger partial charge in [-0.15, -0.1) is 0 Å². The highest BCUT2D eigenvalue weighted by Crippen LogP contribution is 2.09. The molecule has 0 bridgehead atoms. The monoisotopic (exact) mass is 197 g/mol. The van der Waals surface area contributed by atoms with E-state index in [0.717, 1.165) is 30.7 Å². The van der Waals surface area contributed by atoms with Crippen LogP contribution in [0.15, 0.2) is 4.79 Å². The molecule has 1 aromatic rings. The first-order valence-electron chi connectivity index (χ1n) is 5.13. The Morgan fingerprint density at radius 1 is 1.29 bits per heavy atom. The summed E-state index contributed by atoms with van der Waals surface area (Å²) in [4.78, 5) is 16.8. The molecule has 1 heterocycles. The van der Waals surface area contributed by atoms with Crippen LogP contribution in [0.5, 0.6) is 0 Å². The van der Waals surface area contributed by atoms with Gasteiger partial charge in [0.2, 0.25) is 0 Å². The number of aromatic nitrogens is 2. The predicted octanol–water partition coefficient (Wildman–Crippen LogP) is 0.793. The minimum absolute atomic E-state index is 0.104. The molecule has 0 aliphatic rings. The Balaban J connectivity index is 2.74. The van der Waals surface area contributed by atoms with Crippen LogP contribution in [-0.2, 0) is 12.8 Å². The van der Waals surface area contributed by atoms with E-state index in [1.807, 2.05) is 0 Å². The zero-order valence-electron chi connectivity index (χ0n) is 8.89. The van der Waals surface area contributed by atoms with Gasteiger partial charge in [0.05, 0.1) is 0 Å². The van der Waals surface area contributed by atoms with Gasteiger partial charge in [0.25, 0.3) is 0 Å². The number of hydrogen-bond acceptors (Lipinski definition) is 2. The summed E-state index contributed by atoms with van der Waals surface area (Å²) >= 11 is 0. The van der Waals surface area contributed by atoms with Gasteiger partial charge in [-0.2, -0.15) is 0 Å². The van der Waals surface area contributed by atoms with Gasteiger partial charge in [-0.3, -0.25) is 0 Å². The Bertz CT molecular complexity index is 324. The lowest BCUT2D eigenvalue weighted by molar-refractivity contribution is 0.629. The van der Waals surface area contributed by atoms with E-state index in [1.165, 1.54) is 0 Å². The molecule has 0 radical (unpaired) electrons. The molecule has 80 valence electrons. The molecule has 0 fully saturated rings. The molecular weight excluding hydrogens is 178 g/mol. The van der Waals surface area contributed by atoms with Crippen molar-refractivity contribution in [3.63, 3.8) is 0 Å². The standard InChI is InChI=1S/C10H19N3O/c1-7(2)6-9-8(4-3-5-11)12-10(14)13-9/h7H,3-6,11H2,1-2H3,(H2,12,13,14). The molecule has 0 amide bonds. The number of rotatable bonds is 5. The summed E-state index contributed by atoms with van der Waals surface area (Å²) < 4.78 is 0. The van der Waals surface area contributed by atoms with Crippen molar-refractivity contribution in [2.24, 2.45) is 11.7 Å². The largest absolute Gasteiger partial charge is 0.330 e. The fraction of sp³-hybridized carbons (Fsp3) is 0.700. The Morgan fingerprint density at radius 3 is 2.50 bits per heavy atom. The molecule has 14 heavy (non-hydrogen) atoms. The summed E-state index contributed by atoms with van der Waals surface area (Å²) in [6.07, 6.45) is 2.69. The van der Waals surface area contributed by atoms with Crippen LogP contribution in [0, 0.1) is 5.92 Å². The maximum Gasteiger partial charge on any atom is 0.323 e. The lowest BCUT2D eigenvalue weighted by Crippen LogP contribution is -2.04. The van der Waals surface area contributed by atoms with Crippen LogP contribution in [0.3, 0.4) is 0 Å². The minimum atomic E-state index is -0.104. The van der Waals surface area contributed by atoms with E-state index in [-0.39, 0.29) is 5.69 Å². The predicted molar refractivity (Wildman–Crippen MR) is 57.3 cm³/mol. The Morgan fingerprint density at radius 2 is 1.93 bits per heavy atom. The number of aryl methyl sites for hydroxylation is 1. The molecule has 0 spiro atoms. The number of nitrogens with one attached hydrogen (secondary N) is 2. The highest BCUT2D eigenvalue weighted by atomic mass is 16.1. The molecule has 0 saturated carbocycles. The number of aromatic amines is 2. The first-order valence-corrected chi connectivity index (χ1v) is 5.13. The van der Waals surface area contributed by atoms with Gasteiger partial charge < -0.3 is 15.7 Å². The molecule has 0 atom stereocenters. The van der Waals surface area contributed by atoms with Crippen LogP contribution in [0.25, 0.3) is 0 Å². The number of hydrogen-bond donors (Lipinski definition) is 3. The summed E-state index contributed by atoms with van der Waals surface area (Å²) in [5, 5.41) is 0. The Labute approximate surface area is 83.9 Å². The molecule has 0 aromatic carbocycles. The average molecular weight is 197 g/mol. The molecule has 0 aliphatic heterocycles. The normalized spacial score (nSPS) is 11.1. The van der Waals surface area contributed by atoms with E-state index in [9.17, 15) is 4.79 Å². The van der Waals surface area contributed by atoms with E-state index in [1.54, 1.807) is 0 Å². The smallest absolute Gasteiger partial charge is 0.323 e. The van der Waals surface area contributed by atoms with Crippen LogP contribution in [-0.4, -0.2) is 16.5 Å². The van der Waals surface area contributed by atoms with E-state index in [2.05, 4.69) is 23.8 Å². The van der Waals surface area contributed by atoms with E-state index >= 15 is 0 Å². The van der Waals surface area contributed by atoms with Crippen molar-refractivity contribution < 1.29 is 0 Å². The van der Waals surface area contributed by atoms with Crippen molar-refractivity contribution in [3.8, 4) is 0 Å². The van der Waals surface area contributed by atoms with E-state index in [0.29, 0.717) is 12.5 Å². The van der Waals surface area contributed by atoms with Crippen molar-refractivity contribution in [1.82, 2.24) is 9.97 Å². The van der Waals surface area contributed by atoms with Crippen molar-refractivity contribution in [2.75, 3.05) is 6.54 Å². The minimum Gasteiger partial charge on any atom is -0.330 e. The Kier molecular flexibility index (Phi) is 3.95. The first kappa shape index (κ1) is 11.0. The summed E-state index contributed by atoms with van der Waals surface area (Å²) in [5.41, 5.74) is 7.39. The van der Waals surface area contributed by atoms with Crippen molar-refractivity contribution in [2.45, 2.75) is 33.1 Å². The van der Waals surface area contributed by atoms with Gasteiger partial charge in [0.15, 0.2) is 0 Å². The number of imidazole rings is 1. The summed E-state index contributed by atoms with van der Waals surface area (Å²) in [5.74, 6) is 0.554. The maximum atomic E-state index is 11.1. The summed E-state index contributed by atoms with van der Waals surface area (Å²) in [7, 11) is 0. The van der Waals surface area contributed by atoms with E-state index < -0.39 is 0 Å². The van der Waals surface area contributed by atoms with Crippen LogP contribution in [0.2, 0.25) is 0 Å². The second kappa shape index (κ2) is 5.00. The molecule has 4 nitrogen and oxygen atoms in total. The topological polar surface area (TPSA) is 74.7 Å². The first-order chi connectivity index (χ1) is 6.63. The summed E-state index contributed by atoms with van der Waals surface area (Å²) in [6, 6.07) is 0. The SMILES string of the molecule is CC(C)Cc1[nH]c(=O)[nH]c1CCCN. The third kappa shape index (κ3) is 3.03. The van der Waals surface area contributed by atoms with Gasteiger partial charge in [0, 0.05) is 11.4 Å². The molecule has 1 aromatic heterocycles. The second-order valence-corrected chi connectivity index (χ2v) is 4.03. The van der Waals surface area contributed by atoms with Gasteiger partial charge in [-0.05, 0) is 31.7 Å². The van der Waals surface area contributed by atoms with Crippen molar-refractivity contribution >= 4 is 0 Å². The third-order valence-corrected chi connectivity index (χ3v) is 2.14. The zero-order chi connectivity index (χ0) is 10.6. The third-order valence-electron chi connectivity index (χ3n) is 2.14. The molecule has 0 saturated heterocycles. The van der Waals surface area contributed by atoms with E-state index in [4.69, 9.17) is 5.73 Å². The van der Waals surface area contributed by atoms with Gasteiger partial charge in [-0.1, -0.05) is 13.8 Å². The second-order valence-electron chi connectivity index (χ2n) is 4.03. The molecular formula is C10H19N3O. The van der Waals surface area contributed by atoms with Crippen molar-refractivity contribution in [1.29, 1.82) is 0 Å². The van der Waals surface area contributed by atoms with Gasteiger partial charge in [-0.25, -0.2) is 4.79 Å². The lowest BCUT2D eigenvalue weighted by atomic mass is 10.1. The highest BCUT2D eigenvalue weighted by Gasteiger charge is 2.07. The average Bonchev–Trinajstić information content (AvgIpc) is 2.41. The number of H-pyrrole nitrogens is 2. The van der Waals surface area contributed by atoms with Gasteiger partial charge >= 0.3 is 5.69 Å². The fourth-order valence-electron chi connectivity index (χ4n) is 1.53. The van der Waals surface area contributed by atoms with Crippen LogP contribution >= 0.6 is 0 Å². The van der Waals surface area contributed by atoms with Crippen LogP contribution in [0.4, 0.5) is 0 Å². The number of nitrogens with two attached hydrogens (primary N) is 1. The molecule has 4 N–H and O–H groups in total. The maximum absolute atomic E-state index is 11.1. The Hall–Kier alpha value is -1.03. The highest BCUT2D eigenvalue weighted by molar-refractivity contribution is 5.11. The molecule has 4 heteroatoms. The quantitative estimate of drug-likeness (QED) is 0.653. The van der Waals surface area contributed by atoms with Gasteiger partial charge in [0.1, 0.15) is 0 Å². The summed E-state index contributed by atoms with van der Waals surface area (Å²) in [6.45, 7) is 4.93. The van der Waals surface area contributed by atoms with Crippen LogP contribution in [0.1, 0.15) is 31.7 Å². The lowest BCUT2D eigenvalue weighted by Gasteiger charge is -2.04. The molecule has 0 unspecified atom stereocenters. The van der Waals surface area contributed by atoms with Crippen LogP contribution < -0.4 is 11.4 Å². The zero-order valence-corrected chi connectivity index (χ0v) is 8.89. The van der Waals surface area contributed by atoms with Crippen molar-refractivity contribution in [3.05, 3.63) is 21.9 Å². The fourth-order valence-corrected chi connectivity index (χ4v) is 1.53. The molecule has 0 aliphatic carbocycles.